The first-order valence-electron chi connectivity index (χ1n) is 7.13. The highest BCUT2D eigenvalue weighted by atomic mass is 79.9. The molecule has 0 aliphatic rings. The predicted molar refractivity (Wildman–Crippen MR) is 90.0 cm³/mol. The topological polar surface area (TPSA) is 15.3 Å². The van der Waals surface area contributed by atoms with Gasteiger partial charge in [0.1, 0.15) is 0 Å². The van der Waals surface area contributed by atoms with E-state index in [1.54, 1.807) is 0 Å². The van der Waals surface area contributed by atoms with Crippen LogP contribution in [0.3, 0.4) is 0 Å². The van der Waals surface area contributed by atoms with Crippen LogP contribution in [0.4, 0.5) is 0 Å². The molecule has 2 nitrogen and oxygen atoms in total. The van der Waals surface area contributed by atoms with E-state index in [2.05, 4.69) is 72.5 Å². The molecule has 0 aliphatic heterocycles. The average molecular weight is 347 g/mol. The van der Waals surface area contributed by atoms with Crippen LogP contribution in [-0.4, -0.2) is 31.6 Å². The van der Waals surface area contributed by atoms with E-state index in [9.17, 15) is 0 Å². The number of nitrogens with one attached hydrogen (secondary N) is 1. The maximum atomic E-state index is 3.69. The number of hydrogen-bond acceptors (Lipinski definition) is 3. The van der Waals surface area contributed by atoms with Crippen molar-refractivity contribution in [2.45, 2.75) is 45.7 Å². The fraction of sp³-hybridized carbons (Fsp3) is 0.733. The summed E-state index contributed by atoms with van der Waals surface area (Å²) in [5.74, 6) is 0.768. The normalized spacial score (nSPS) is 15.2. The van der Waals surface area contributed by atoms with Gasteiger partial charge in [-0.25, -0.2) is 0 Å². The lowest BCUT2D eigenvalue weighted by Crippen LogP contribution is -2.43. The molecular formula is C15H27BrN2S. The molecule has 0 spiro atoms. The third-order valence-electron chi connectivity index (χ3n) is 3.90. The molecule has 0 bridgehead atoms. The number of hydrogen-bond donors (Lipinski definition) is 1. The number of nitrogens with zero attached hydrogens (tertiary/aromatic N) is 1. The van der Waals surface area contributed by atoms with E-state index < -0.39 is 0 Å². The van der Waals surface area contributed by atoms with Crippen LogP contribution in [0.1, 0.15) is 44.5 Å². The van der Waals surface area contributed by atoms with Crippen LogP contribution in [-0.2, 0) is 0 Å². The van der Waals surface area contributed by atoms with E-state index >= 15 is 0 Å². The minimum absolute atomic E-state index is 0.424. The minimum Gasteiger partial charge on any atom is -0.308 e. The Kier molecular flexibility index (Phi) is 7.58. The summed E-state index contributed by atoms with van der Waals surface area (Å²) in [7, 11) is 4.38. The Morgan fingerprint density at radius 2 is 1.95 bits per heavy atom. The summed E-state index contributed by atoms with van der Waals surface area (Å²) in [6, 6.07) is 3.25. The summed E-state index contributed by atoms with van der Waals surface area (Å²) >= 11 is 5.34. The van der Waals surface area contributed by atoms with E-state index in [0.29, 0.717) is 12.1 Å². The summed E-state index contributed by atoms with van der Waals surface area (Å²) in [5.41, 5.74) is 0. The van der Waals surface area contributed by atoms with Crippen molar-refractivity contribution in [3.05, 3.63) is 20.8 Å². The maximum Gasteiger partial charge on any atom is 0.0387 e. The van der Waals surface area contributed by atoms with Gasteiger partial charge in [0.2, 0.25) is 0 Å². The van der Waals surface area contributed by atoms with Crippen molar-refractivity contribution >= 4 is 27.3 Å². The highest BCUT2D eigenvalue weighted by molar-refractivity contribution is 9.10. The SMILES string of the molecule is CCC(CC)C(CNC(C)c1cc(Br)cs1)N(C)C. The molecule has 110 valence electrons. The Morgan fingerprint density at radius 1 is 1.32 bits per heavy atom. The largest absolute Gasteiger partial charge is 0.308 e. The van der Waals surface area contributed by atoms with E-state index in [1.165, 1.54) is 22.2 Å². The van der Waals surface area contributed by atoms with Crippen molar-refractivity contribution in [3.63, 3.8) is 0 Å². The molecule has 0 amide bonds. The second-order valence-corrected chi connectivity index (χ2v) is 7.26. The number of thiophene rings is 1. The Morgan fingerprint density at radius 3 is 2.37 bits per heavy atom. The van der Waals surface area contributed by atoms with Gasteiger partial charge in [0.25, 0.3) is 0 Å². The van der Waals surface area contributed by atoms with Crippen molar-refractivity contribution in [2.24, 2.45) is 5.92 Å². The van der Waals surface area contributed by atoms with Crippen molar-refractivity contribution in [1.29, 1.82) is 0 Å². The molecular weight excluding hydrogens is 320 g/mol. The van der Waals surface area contributed by atoms with Crippen molar-refractivity contribution in [3.8, 4) is 0 Å². The highest BCUT2D eigenvalue weighted by Crippen LogP contribution is 2.25. The van der Waals surface area contributed by atoms with Gasteiger partial charge in [-0.2, -0.15) is 0 Å². The van der Waals surface area contributed by atoms with Gasteiger partial charge in [0.05, 0.1) is 0 Å². The lowest BCUT2D eigenvalue weighted by atomic mass is 9.93. The van der Waals surface area contributed by atoms with Crippen molar-refractivity contribution < 1.29 is 0 Å². The van der Waals surface area contributed by atoms with Gasteiger partial charge >= 0.3 is 0 Å². The summed E-state index contributed by atoms with van der Waals surface area (Å²) in [4.78, 5) is 3.76. The summed E-state index contributed by atoms with van der Waals surface area (Å²) < 4.78 is 1.19. The number of likely N-dealkylation sites (N-methyl/N-ethyl adjacent to an activating group) is 1. The first-order valence-corrected chi connectivity index (χ1v) is 8.80. The molecule has 1 aromatic heterocycles. The van der Waals surface area contributed by atoms with Crippen LogP contribution in [0.2, 0.25) is 0 Å². The monoisotopic (exact) mass is 346 g/mol. The number of rotatable bonds is 8. The first kappa shape index (κ1) is 17.2. The maximum absolute atomic E-state index is 3.69. The lowest BCUT2D eigenvalue weighted by molar-refractivity contribution is 0.190. The molecule has 1 N–H and O–H groups in total. The van der Waals surface area contributed by atoms with E-state index in [4.69, 9.17) is 0 Å². The van der Waals surface area contributed by atoms with Crippen LogP contribution in [0.15, 0.2) is 15.9 Å². The highest BCUT2D eigenvalue weighted by Gasteiger charge is 2.21. The van der Waals surface area contributed by atoms with Crippen LogP contribution in [0.25, 0.3) is 0 Å². The first-order chi connectivity index (χ1) is 8.99. The Labute approximate surface area is 130 Å². The molecule has 2 unspecified atom stereocenters. The molecule has 1 rings (SSSR count). The van der Waals surface area contributed by atoms with Gasteiger partial charge in [-0.15, -0.1) is 11.3 Å². The van der Waals surface area contributed by atoms with Crippen LogP contribution >= 0.6 is 27.3 Å². The zero-order valence-corrected chi connectivity index (χ0v) is 15.1. The molecule has 0 saturated heterocycles. The third kappa shape index (κ3) is 5.18. The Balaban J connectivity index is 2.56. The lowest BCUT2D eigenvalue weighted by Gasteiger charge is -2.32. The molecule has 19 heavy (non-hydrogen) atoms. The van der Waals surface area contributed by atoms with Gasteiger partial charge in [0, 0.05) is 33.4 Å². The van der Waals surface area contributed by atoms with Gasteiger partial charge in [0.15, 0.2) is 0 Å². The Bertz CT molecular complexity index is 361. The van der Waals surface area contributed by atoms with E-state index in [1.807, 2.05) is 11.3 Å². The molecule has 4 heteroatoms. The standard InChI is InChI=1S/C15H27BrN2S/c1-6-12(7-2)14(18(4)5)9-17-11(3)15-8-13(16)10-19-15/h8,10-12,14,17H,6-7,9H2,1-5H3. The number of halogens is 1. The average Bonchev–Trinajstić information content (AvgIpc) is 2.80. The molecule has 2 atom stereocenters. The molecule has 0 saturated carbocycles. The van der Waals surface area contributed by atoms with Gasteiger partial charge in [-0.1, -0.05) is 26.7 Å². The fourth-order valence-electron chi connectivity index (χ4n) is 2.56. The fourth-order valence-corrected chi connectivity index (χ4v) is 4.03. The minimum atomic E-state index is 0.424. The van der Waals surface area contributed by atoms with Crippen LogP contribution in [0, 0.1) is 5.92 Å². The molecule has 0 aliphatic carbocycles. The second-order valence-electron chi connectivity index (χ2n) is 5.40. The van der Waals surface area contributed by atoms with E-state index in [0.717, 1.165) is 12.5 Å². The molecule has 1 heterocycles. The summed E-state index contributed by atoms with van der Waals surface area (Å²) in [6.07, 6.45) is 2.50. The zero-order chi connectivity index (χ0) is 14.4. The third-order valence-corrected chi connectivity index (χ3v) is 5.78. The predicted octanol–water partition coefficient (Wildman–Crippen LogP) is 4.53. The smallest absolute Gasteiger partial charge is 0.0387 e. The quantitative estimate of drug-likeness (QED) is 0.743. The Hall–Kier alpha value is 0.1000. The van der Waals surface area contributed by atoms with Crippen molar-refractivity contribution in [2.75, 3.05) is 20.6 Å². The molecule has 0 fully saturated rings. The molecule has 1 aromatic rings. The van der Waals surface area contributed by atoms with Crippen LogP contribution in [0.5, 0.6) is 0 Å². The summed E-state index contributed by atoms with van der Waals surface area (Å²) in [6.45, 7) is 7.89. The van der Waals surface area contributed by atoms with Gasteiger partial charge in [-0.3, -0.25) is 0 Å². The molecule has 0 aromatic carbocycles. The van der Waals surface area contributed by atoms with Gasteiger partial charge in [-0.05, 0) is 48.9 Å². The van der Waals surface area contributed by atoms with E-state index in [-0.39, 0.29) is 0 Å². The second kappa shape index (κ2) is 8.40. The molecule has 0 radical (unpaired) electrons. The zero-order valence-electron chi connectivity index (χ0n) is 12.7. The van der Waals surface area contributed by atoms with Gasteiger partial charge < -0.3 is 10.2 Å². The van der Waals surface area contributed by atoms with Crippen molar-refractivity contribution in [1.82, 2.24) is 10.2 Å². The van der Waals surface area contributed by atoms with Crippen LogP contribution < -0.4 is 5.32 Å². The summed E-state index contributed by atoms with van der Waals surface area (Å²) in [5, 5.41) is 5.84.